The standard InChI is InChI=1S/C20H32N4O2S/c1-13-9-17(22-20(25)18-11-19(26-23-18)15-5-6-15)7-8-24(13)27-12-14-3-2-4-16(21)10-14/h11,13-17H,2-10,12,21H2,1H3,(H,22,25). The van der Waals surface area contributed by atoms with Gasteiger partial charge in [-0.05, 0) is 57.8 Å². The molecule has 27 heavy (non-hydrogen) atoms. The number of hydrogen-bond acceptors (Lipinski definition) is 6. The molecular weight excluding hydrogens is 360 g/mol. The molecule has 1 aromatic heterocycles. The summed E-state index contributed by atoms with van der Waals surface area (Å²) >= 11 is 1.98. The minimum atomic E-state index is -0.0971. The van der Waals surface area contributed by atoms with Crippen LogP contribution in [0.2, 0.25) is 0 Å². The van der Waals surface area contributed by atoms with Gasteiger partial charge < -0.3 is 15.6 Å². The molecule has 2 heterocycles. The van der Waals surface area contributed by atoms with Crippen molar-refractivity contribution in [2.75, 3.05) is 12.3 Å². The van der Waals surface area contributed by atoms with Gasteiger partial charge in [-0.15, -0.1) is 0 Å². The molecular formula is C20H32N4O2S. The lowest BCUT2D eigenvalue weighted by Gasteiger charge is -2.38. The number of nitrogens with zero attached hydrogens (tertiary/aromatic N) is 2. The van der Waals surface area contributed by atoms with E-state index in [2.05, 4.69) is 21.7 Å². The van der Waals surface area contributed by atoms with Gasteiger partial charge in [-0.1, -0.05) is 23.5 Å². The molecule has 0 bridgehead atoms. The van der Waals surface area contributed by atoms with Crippen LogP contribution < -0.4 is 11.1 Å². The van der Waals surface area contributed by atoms with Gasteiger partial charge in [0.1, 0.15) is 5.76 Å². The number of aromatic nitrogens is 1. The molecule has 1 aromatic rings. The molecule has 3 aliphatic rings. The van der Waals surface area contributed by atoms with E-state index in [9.17, 15) is 4.79 Å². The first kappa shape index (κ1) is 19.3. The van der Waals surface area contributed by atoms with E-state index in [1.54, 1.807) is 0 Å². The van der Waals surface area contributed by atoms with E-state index in [0.717, 1.165) is 43.9 Å². The van der Waals surface area contributed by atoms with Crippen molar-refractivity contribution in [1.82, 2.24) is 14.8 Å². The molecule has 2 aliphatic carbocycles. The largest absolute Gasteiger partial charge is 0.360 e. The summed E-state index contributed by atoms with van der Waals surface area (Å²) < 4.78 is 7.81. The third-order valence-corrected chi connectivity index (χ3v) is 7.69. The van der Waals surface area contributed by atoms with Crippen molar-refractivity contribution in [3.05, 3.63) is 17.5 Å². The third kappa shape index (κ3) is 5.06. The fraction of sp³-hybridized carbons (Fsp3) is 0.800. The maximum absolute atomic E-state index is 12.5. The van der Waals surface area contributed by atoms with Gasteiger partial charge in [0.25, 0.3) is 5.91 Å². The maximum atomic E-state index is 12.5. The molecule has 2 saturated carbocycles. The summed E-state index contributed by atoms with van der Waals surface area (Å²) in [5.74, 6) is 3.19. The van der Waals surface area contributed by atoms with Crippen molar-refractivity contribution >= 4 is 17.9 Å². The second-order valence-corrected chi connectivity index (χ2v) is 9.72. The Labute approximate surface area is 166 Å². The summed E-state index contributed by atoms with van der Waals surface area (Å²) in [5.41, 5.74) is 6.55. The highest BCUT2D eigenvalue weighted by Gasteiger charge is 2.31. The number of carbonyl (C=O) groups is 1. The molecule has 0 aromatic carbocycles. The lowest BCUT2D eigenvalue weighted by Crippen LogP contribution is -2.46. The molecule has 4 rings (SSSR count). The quantitative estimate of drug-likeness (QED) is 0.723. The minimum absolute atomic E-state index is 0.0971. The van der Waals surface area contributed by atoms with E-state index < -0.39 is 0 Å². The van der Waals surface area contributed by atoms with Gasteiger partial charge in [-0.2, -0.15) is 0 Å². The molecule has 6 nitrogen and oxygen atoms in total. The van der Waals surface area contributed by atoms with E-state index in [0.29, 0.717) is 23.7 Å². The van der Waals surface area contributed by atoms with Crippen LogP contribution in [-0.2, 0) is 0 Å². The van der Waals surface area contributed by atoms with Crippen LogP contribution >= 0.6 is 11.9 Å². The number of nitrogens with one attached hydrogen (secondary N) is 1. The van der Waals surface area contributed by atoms with Crippen molar-refractivity contribution in [2.24, 2.45) is 11.7 Å². The molecule has 0 radical (unpaired) electrons. The highest BCUT2D eigenvalue weighted by atomic mass is 32.2. The predicted octanol–water partition coefficient (Wildman–Crippen LogP) is 3.30. The van der Waals surface area contributed by atoms with Crippen LogP contribution in [0, 0.1) is 5.92 Å². The first-order chi connectivity index (χ1) is 13.1. The molecule has 0 spiro atoms. The third-order valence-electron chi connectivity index (χ3n) is 6.19. The van der Waals surface area contributed by atoms with Crippen molar-refractivity contribution in [1.29, 1.82) is 0 Å². The van der Waals surface area contributed by atoms with E-state index in [-0.39, 0.29) is 11.9 Å². The van der Waals surface area contributed by atoms with E-state index in [1.807, 2.05) is 18.0 Å². The van der Waals surface area contributed by atoms with E-state index in [4.69, 9.17) is 10.3 Å². The number of amides is 1. The highest BCUT2D eigenvalue weighted by Crippen LogP contribution is 2.40. The summed E-state index contributed by atoms with van der Waals surface area (Å²) in [5, 5.41) is 7.11. The Morgan fingerprint density at radius 1 is 1.33 bits per heavy atom. The average molecular weight is 393 g/mol. The number of rotatable bonds is 6. The van der Waals surface area contributed by atoms with Crippen LogP contribution in [0.4, 0.5) is 0 Å². The van der Waals surface area contributed by atoms with Gasteiger partial charge in [0.05, 0.1) is 0 Å². The van der Waals surface area contributed by atoms with Crippen LogP contribution in [0.25, 0.3) is 0 Å². The van der Waals surface area contributed by atoms with Crippen LogP contribution in [0.1, 0.15) is 80.5 Å². The Balaban J connectivity index is 1.21. The number of carbonyl (C=O) groups excluding carboxylic acids is 1. The lowest BCUT2D eigenvalue weighted by molar-refractivity contribution is 0.0906. The SMILES string of the molecule is CC1CC(NC(=O)c2cc(C3CC3)on2)CCN1SCC1CCCC(N)C1. The molecule has 1 amide bonds. The van der Waals surface area contributed by atoms with E-state index >= 15 is 0 Å². The van der Waals surface area contributed by atoms with Crippen LogP contribution in [0.5, 0.6) is 0 Å². The Hall–Kier alpha value is -1.05. The molecule has 4 unspecified atom stereocenters. The summed E-state index contributed by atoms with van der Waals surface area (Å²) in [6, 6.07) is 2.90. The van der Waals surface area contributed by atoms with Crippen LogP contribution in [0.15, 0.2) is 10.6 Å². The summed E-state index contributed by atoms with van der Waals surface area (Å²) in [4.78, 5) is 12.5. The maximum Gasteiger partial charge on any atom is 0.273 e. The second kappa shape index (κ2) is 8.53. The highest BCUT2D eigenvalue weighted by molar-refractivity contribution is 7.97. The van der Waals surface area contributed by atoms with Gasteiger partial charge in [-0.3, -0.25) is 4.79 Å². The minimum Gasteiger partial charge on any atom is -0.360 e. The predicted molar refractivity (Wildman–Crippen MR) is 108 cm³/mol. The lowest BCUT2D eigenvalue weighted by atomic mass is 9.87. The Morgan fingerprint density at radius 2 is 2.19 bits per heavy atom. The zero-order valence-electron chi connectivity index (χ0n) is 16.2. The Morgan fingerprint density at radius 3 is 2.93 bits per heavy atom. The molecule has 3 N–H and O–H groups in total. The zero-order valence-corrected chi connectivity index (χ0v) is 17.0. The number of hydrogen-bond donors (Lipinski definition) is 2. The topological polar surface area (TPSA) is 84.4 Å². The second-order valence-electron chi connectivity index (χ2n) is 8.66. The average Bonchev–Trinajstić information content (AvgIpc) is 3.38. The van der Waals surface area contributed by atoms with Crippen molar-refractivity contribution in [2.45, 2.75) is 82.3 Å². The van der Waals surface area contributed by atoms with Gasteiger partial charge in [0, 0.05) is 42.4 Å². The monoisotopic (exact) mass is 392 g/mol. The van der Waals surface area contributed by atoms with Crippen LogP contribution in [-0.4, -0.2) is 45.8 Å². The molecule has 150 valence electrons. The van der Waals surface area contributed by atoms with Gasteiger partial charge in [-0.25, -0.2) is 4.31 Å². The first-order valence-corrected chi connectivity index (χ1v) is 11.5. The Bertz CT molecular complexity index is 648. The molecule has 3 fully saturated rings. The fourth-order valence-electron chi connectivity index (χ4n) is 4.37. The first-order valence-electron chi connectivity index (χ1n) is 10.5. The molecule has 7 heteroatoms. The normalized spacial score (nSPS) is 32.4. The Kier molecular flexibility index (Phi) is 6.09. The van der Waals surface area contributed by atoms with Crippen LogP contribution in [0.3, 0.4) is 0 Å². The van der Waals surface area contributed by atoms with E-state index in [1.165, 1.54) is 31.4 Å². The van der Waals surface area contributed by atoms with Gasteiger partial charge >= 0.3 is 0 Å². The van der Waals surface area contributed by atoms with Crippen molar-refractivity contribution < 1.29 is 9.32 Å². The summed E-state index contributed by atoms with van der Waals surface area (Å²) in [6.45, 7) is 3.28. The molecule has 4 atom stereocenters. The number of piperidine rings is 1. The summed E-state index contributed by atoms with van der Waals surface area (Å²) in [7, 11) is 0. The number of nitrogens with two attached hydrogens (primary N) is 1. The van der Waals surface area contributed by atoms with Gasteiger partial charge in [0.2, 0.25) is 0 Å². The molecule has 1 aliphatic heterocycles. The van der Waals surface area contributed by atoms with Crippen molar-refractivity contribution in [3.8, 4) is 0 Å². The smallest absolute Gasteiger partial charge is 0.273 e. The molecule has 1 saturated heterocycles. The summed E-state index contributed by atoms with van der Waals surface area (Å²) in [6.07, 6.45) is 9.23. The fourth-order valence-corrected chi connectivity index (χ4v) is 5.65. The van der Waals surface area contributed by atoms with Gasteiger partial charge in [0.15, 0.2) is 5.69 Å². The zero-order chi connectivity index (χ0) is 18.8. The van der Waals surface area contributed by atoms with Crippen molar-refractivity contribution in [3.63, 3.8) is 0 Å².